The van der Waals surface area contributed by atoms with Gasteiger partial charge in [-0.25, -0.2) is 13.1 Å². The van der Waals surface area contributed by atoms with Gasteiger partial charge in [0, 0.05) is 25.3 Å². The van der Waals surface area contributed by atoms with Crippen LogP contribution in [-0.2, 0) is 14.8 Å². The van der Waals surface area contributed by atoms with Crippen molar-refractivity contribution in [1.29, 1.82) is 0 Å². The quantitative estimate of drug-likeness (QED) is 0.557. The van der Waals surface area contributed by atoms with E-state index in [1.807, 2.05) is 0 Å². The number of rotatable bonds is 5. The predicted molar refractivity (Wildman–Crippen MR) is 76.0 cm³/mol. The van der Waals surface area contributed by atoms with Crippen LogP contribution in [-0.4, -0.2) is 45.9 Å². The number of nitrogens with two attached hydrogens (primary N) is 1. The molecule has 1 atom stereocenters. The van der Waals surface area contributed by atoms with Gasteiger partial charge in [-0.2, -0.15) is 0 Å². The zero-order valence-electron chi connectivity index (χ0n) is 11.2. The van der Waals surface area contributed by atoms with E-state index < -0.39 is 15.6 Å². The molecule has 112 valence electrons. The van der Waals surface area contributed by atoms with E-state index in [0.29, 0.717) is 31.9 Å². The average Bonchev–Trinajstić information content (AvgIpc) is 2.84. The molecular weight excluding hydrogens is 282 g/mol. The molecule has 20 heavy (non-hydrogen) atoms. The van der Waals surface area contributed by atoms with Crippen molar-refractivity contribution in [3.05, 3.63) is 18.2 Å². The molecule has 0 amide bonds. The van der Waals surface area contributed by atoms with Gasteiger partial charge in [0.2, 0.25) is 10.0 Å². The van der Waals surface area contributed by atoms with Crippen LogP contribution in [0.5, 0.6) is 0 Å². The van der Waals surface area contributed by atoms with Crippen molar-refractivity contribution in [2.75, 3.05) is 37.9 Å². The number of benzene rings is 1. The normalized spacial score (nSPS) is 22.9. The van der Waals surface area contributed by atoms with E-state index in [1.165, 1.54) is 19.2 Å². The zero-order chi connectivity index (χ0) is 14.8. The fraction of sp³-hybridized carbons (Fsp3) is 0.500. The largest absolute Gasteiger partial charge is 0.398 e. The van der Waals surface area contributed by atoms with E-state index in [0.717, 1.165) is 0 Å². The van der Waals surface area contributed by atoms with Crippen LogP contribution in [0.25, 0.3) is 0 Å². The summed E-state index contributed by atoms with van der Waals surface area (Å²) in [4.78, 5) is 0.0356. The second-order valence-corrected chi connectivity index (χ2v) is 6.70. The van der Waals surface area contributed by atoms with Crippen LogP contribution in [0.15, 0.2) is 23.1 Å². The highest BCUT2D eigenvalue weighted by molar-refractivity contribution is 7.89. The molecule has 0 bridgehead atoms. The lowest BCUT2D eigenvalue weighted by atomic mass is 10.0. The third kappa shape index (κ3) is 3.21. The van der Waals surface area contributed by atoms with Gasteiger partial charge in [0.25, 0.3) is 0 Å². The molecule has 5 N–H and O–H groups in total. The van der Waals surface area contributed by atoms with Gasteiger partial charge in [-0.1, -0.05) is 0 Å². The number of nitrogens with one attached hydrogen (secondary N) is 2. The molecule has 1 heterocycles. The first-order chi connectivity index (χ1) is 9.36. The van der Waals surface area contributed by atoms with Crippen LogP contribution in [0.3, 0.4) is 0 Å². The standard InChI is InChI=1S/C12H19N3O4S/c1-14-20(17,18)11-3-2-9(6-10(11)13)15-7-12(16)4-5-19-8-12/h2-3,6,14-16H,4-5,7-8,13H2,1H3. The summed E-state index contributed by atoms with van der Waals surface area (Å²) in [6.07, 6.45) is 0.571. The highest BCUT2D eigenvalue weighted by Gasteiger charge is 2.31. The van der Waals surface area contributed by atoms with Crippen LogP contribution in [0.1, 0.15) is 6.42 Å². The van der Waals surface area contributed by atoms with Crippen LogP contribution in [0.4, 0.5) is 11.4 Å². The van der Waals surface area contributed by atoms with Gasteiger partial charge in [-0.15, -0.1) is 0 Å². The first kappa shape index (κ1) is 15.0. The molecule has 0 saturated carbocycles. The molecule has 0 spiro atoms. The Morgan fingerprint density at radius 2 is 2.25 bits per heavy atom. The summed E-state index contributed by atoms with van der Waals surface area (Å²) < 4.78 is 30.7. The summed E-state index contributed by atoms with van der Waals surface area (Å²) in [6, 6.07) is 4.57. The van der Waals surface area contributed by atoms with Crippen molar-refractivity contribution in [3.63, 3.8) is 0 Å². The van der Waals surface area contributed by atoms with Crippen molar-refractivity contribution in [1.82, 2.24) is 4.72 Å². The summed E-state index contributed by atoms with van der Waals surface area (Å²) in [7, 11) is -2.23. The Kier molecular flexibility index (Phi) is 4.19. The minimum Gasteiger partial charge on any atom is -0.398 e. The maximum atomic E-state index is 11.7. The molecule has 8 heteroatoms. The molecule has 1 aliphatic heterocycles. The van der Waals surface area contributed by atoms with Crippen LogP contribution in [0.2, 0.25) is 0 Å². The van der Waals surface area contributed by atoms with Gasteiger partial charge in [0.05, 0.1) is 12.3 Å². The van der Waals surface area contributed by atoms with Crippen LogP contribution >= 0.6 is 0 Å². The lowest BCUT2D eigenvalue weighted by Gasteiger charge is -2.21. The van der Waals surface area contributed by atoms with Crippen LogP contribution in [0, 0.1) is 0 Å². The van der Waals surface area contributed by atoms with E-state index in [9.17, 15) is 13.5 Å². The third-order valence-corrected chi connectivity index (χ3v) is 4.76. The SMILES string of the molecule is CNS(=O)(=O)c1ccc(NCC2(O)CCOC2)cc1N. The van der Waals surface area contributed by atoms with E-state index in [2.05, 4.69) is 10.0 Å². The Labute approximate surface area is 118 Å². The lowest BCUT2D eigenvalue weighted by molar-refractivity contribution is 0.0382. The predicted octanol–water partition coefficient (Wildman–Crippen LogP) is -0.260. The summed E-state index contributed by atoms with van der Waals surface area (Å²) in [5.74, 6) is 0. The summed E-state index contributed by atoms with van der Waals surface area (Å²) in [6.45, 7) is 1.16. The molecular formula is C12H19N3O4S. The number of sulfonamides is 1. The molecule has 1 fully saturated rings. The lowest BCUT2D eigenvalue weighted by Crippen LogP contribution is -2.37. The fourth-order valence-electron chi connectivity index (χ4n) is 2.02. The van der Waals surface area contributed by atoms with Gasteiger partial charge in [-0.05, 0) is 25.2 Å². The maximum absolute atomic E-state index is 11.7. The average molecular weight is 301 g/mol. The van der Waals surface area contributed by atoms with Crippen molar-refractivity contribution in [2.45, 2.75) is 16.9 Å². The molecule has 1 aliphatic rings. The molecule has 1 saturated heterocycles. The molecule has 0 aliphatic carbocycles. The number of aliphatic hydroxyl groups is 1. The maximum Gasteiger partial charge on any atom is 0.242 e. The summed E-state index contributed by atoms with van der Waals surface area (Å²) >= 11 is 0. The van der Waals surface area contributed by atoms with E-state index in [-0.39, 0.29) is 10.6 Å². The van der Waals surface area contributed by atoms with Crippen LogP contribution < -0.4 is 15.8 Å². The topological polar surface area (TPSA) is 114 Å². The Morgan fingerprint density at radius 3 is 2.80 bits per heavy atom. The number of hydrogen-bond acceptors (Lipinski definition) is 6. The van der Waals surface area contributed by atoms with E-state index in [4.69, 9.17) is 10.5 Å². The molecule has 1 unspecified atom stereocenters. The molecule has 7 nitrogen and oxygen atoms in total. The number of nitrogen functional groups attached to an aromatic ring is 1. The smallest absolute Gasteiger partial charge is 0.242 e. The van der Waals surface area contributed by atoms with Crippen molar-refractivity contribution in [2.24, 2.45) is 0 Å². The van der Waals surface area contributed by atoms with Gasteiger partial charge < -0.3 is 20.9 Å². The highest BCUT2D eigenvalue weighted by Crippen LogP contribution is 2.24. The third-order valence-electron chi connectivity index (χ3n) is 3.27. The number of ether oxygens (including phenoxy) is 1. The Hall–Kier alpha value is -1.35. The summed E-state index contributed by atoms with van der Waals surface area (Å²) in [5, 5.41) is 13.2. The monoisotopic (exact) mass is 301 g/mol. The highest BCUT2D eigenvalue weighted by atomic mass is 32.2. The van der Waals surface area contributed by atoms with Gasteiger partial charge in [-0.3, -0.25) is 0 Å². The summed E-state index contributed by atoms with van der Waals surface area (Å²) in [5.41, 5.74) is 5.67. The van der Waals surface area contributed by atoms with E-state index in [1.54, 1.807) is 6.07 Å². The number of hydrogen-bond donors (Lipinski definition) is 4. The van der Waals surface area contributed by atoms with Crippen molar-refractivity contribution >= 4 is 21.4 Å². The molecule has 1 aromatic carbocycles. The van der Waals surface area contributed by atoms with E-state index >= 15 is 0 Å². The first-order valence-electron chi connectivity index (χ1n) is 6.23. The molecule has 0 radical (unpaired) electrons. The fourth-order valence-corrected chi connectivity index (χ4v) is 2.85. The van der Waals surface area contributed by atoms with Crippen molar-refractivity contribution < 1.29 is 18.3 Å². The minimum atomic E-state index is -3.56. The Balaban J connectivity index is 2.10. The second kappa shape index (κ2) is 5.57. The number of anilines is 2. The zero-order valence-corrected chi connectivity index (χ0v) is 12.0. The van der Waals surface area contributed by atoms with Gasteiger partial charge in [0.1, 0.15) is 10.5 Å². The minimum absolute atomic E-state index is 0.0356. The van der Waals surface area contributed by atoms with Crippen molar-refractivity contribution in [3.8, 4) is 0 Å². The molecule has 2 rings (SSSR count). The molecule has 0 aromatic heterocycles. The van der Waals surface area contributed by atoms with Gasteiger partial charge >= 0.3 is 0 Å². The molecule has 1 aromatic rings. The van der Waals surface area contributed by atoms with Gasteiger partial charge in [0.15, 0.2) is 0 Å². The Bertz CT molecular complexity index is 582. The second-order valence-electron chi connectivity index (χ2n) is 4.84. The first-order valence-corrected chi connectivity index (χ1v) is 7.72. The Morgan fingerprint density at radius 1 is 1.50 bits per heavy atom.